The maximum Gasteiger partial charge on any atom is 0.274 e. The summed E-state index contributed by atoms with van der Waals surface area (Å²) in [4.78, 5) is 14.5. The van der Waals surface area contributed by atoms with Crippen LogP contribution < -0.4 is 4.74 Å². The highest BCUT2D eigenvalue weighted by Crippen LogP contribution is 2.37. The van der Waals surface area contributed by atoms with Crippen molar-refractivity contribution in [1.82, 2.24) is 15.1 Å². The number of aromatic nitrogens is 2. The van der Waals surface area contributed by atoms with Crippen LogP contribution >= 0.6 is 0 Å². The first-order chi connectivity index (χ1) is 12.8. The van der Waals surface area contributed by atoms with E-state index in [1.807, 2.05) is 0 Å². The number of H-pyrrole nitrogens is 1. The molecule has 0 radical (unpaired) electrons. The number of ether oxygens (including phenoxy) is 1. The molecule has 2 aromatic rings. The third kappa shape index (κ3) is 4.49. The van der Waals surface area contributed by atoms with E-state index in [1.54, 1.807) is 24.1 Å². The zero-order chi connectivity index (χ0) is 19.6. The minimum atomic E-state index is -0.300. The summed E-state index contributed by atoms with van der Waals surface area (Å²) < 4.78 is 18.5. The Morgan fingerprint density at radius 2 is 2.04 bits per heavy atom. The molecule has 1 aliphatic rings. The van der Waals surface area contributed by atoms with Gasteiger partial charge in [-0.1, -0.05) is 20.8 Å². The van der Waals surface area contributed by atoms with Gasteiger partial charge in [0.2, 0.25) is 0 Å². The molecule has 1 aromatic carbocycles. The number of rotatable bonds is 5. The predicted molar refractivity (Wildman–Crippen MR) is 102 cm³/mol. The summed E-state index contributed by atoms with van der Waals surface area (Å²) >= 11 is 0. The summed E-state index contributed by atoms with van der Waals surface area (Å²) in [5.41, 5.74) is 2.90. The van der Waals surface area contributed by atoms with Crippen molar-refractivity contribution in [2.45, 2.75) is 40.0 Å². The third-order valence-corrected chi connectivity index (χ3v) is 5.43. The van der Waals surface area contributed by atoms with Gasteiger partial charge in [-0.05, 0) is 54.9 Å². The van der Waals surface area contributed by atoms with Crippen LogP contribution in [0.4, 0.5) is 4.39 Å². The molecule has 1 N–H and O–H groups in total. The molecule has 1 aromatic heterocycles. The van der Waals surface area contributed by atoms with Gasteiger partial charge in [0.15, 0.2) is 5.69 Å². The van der Waals surface area contributed by atoms with Gasteiger partial charge in [-0.25, -0.2) is 4.39 Å². The topological polar surface area (TPSA) is 58.2 Å². The number of carbonyl (C=O) groups excluding carboxylic acids is 1. The van der Waals surface area contributed by atoms with Gasteiger partial charge in [0.1, 0.15) is 18.2 Å². The Morgan fingerprint density at radius 1 is 1.33 bits per heavy atom. The van der Waals surface area contributed by atoms with Crippen LogP contribution in [0.1, 0.15) is 48.9 Å². The van der Waals surface area contributed by atoms with Crippen molar-refractivity contribution in [3.63, 3.8) is 0 Å². The van der Waals surface area contributed by atoms with E-state index in [0.717, 1.165) is 30.5 Å². The quantitative estimate of drug-likeness (QED) is 0.866. The Bertz CT molecular complexity index is 793. The monoisotopic (exact) mass is 373 g/mol. The first-order valence-electron chi connectivity index (χ1n) is 9.45. The molecule has 0 bridgehead atoms. The van der Waals surface area contributed by atoms with Crippen LogP contribution in [0.2, 0.25) is 0 Å². The molecule has 5 nitrogen and oxygen atoms in total. The average molecular weight is 373 g/mol. The molecule has 1 heterocycles. The first-order valence-corrected chi connectivity index (χ1v) is 9.45. The number of carbonyl (C=O) groups is 1. The molecule has 0 aliphatic heterocycles. The van der Waals surface area contributed by atoms with Gasteiger partial charge in [-0.15, -0.1) is 0 Å². The van der Waals surface area contributed by atoms with Crippen LogP contribution in [0, 0.1) is 17.2 Å². The minimum Gasteiger partial charge on any atom is -0.492 e. The molecular formula is C21H28FN3O2. The largest absolute Gasteiger partial charge is 0.492 e. The number of likely N-dealkylation sites (N-methyl/N-ethyl adjacent to an activating group) is 1. The Balaban J connectivity index is 1.61. The highest BCUT2D eigenvalue weighted by molar-refractivity contribution is 5.93. The second-order valence-corrected chi connectivity index (χ2v) is 8.36. The fourth-order valence-corrected chi connectivity index (χ4v) is 3.52. The van der Waals surface area contributed by atoms with E-state index < -0.39 is 0 Å². The lowest BCUT2D eigenvalue weighted by Crippen LogP contribution is -2.33. The zero-order valence-corrected chi connectivity index (χ0v) is 16.5. The zero-order valence-electron chi connectivity index (χ0n) is 16.5. The second-order valence-electron chi connectivity index (χ2n) is 8.36. The second kappa shape index (κ2) is 7.71. The van der Waals surface area contributed by atoms with Crippen molar-refractivity contribution < 1.29 is 13.9 Å². The van der Waals surface area contributed by atoms with Crippen molar-refractivity contribution in [2.75, 3.05) is 20.2 Å². The molecule has 0 saturated carbocycles. The number of aromatic amines is 1. The highest BCUT2D eigenvalue weighted by atomic mass is 19.1. The molecular weight excluding hydrogens is 345 g/mol. The van der Waals surface area contributed by atoms with Crippen LogP contribution in [-0.4, -0.2) is 41.2 Å². The number of hydrogen-bond acceptors (Lipinski definition) is 3. The van der Waals surface area contributed by atoms with Gasteiger partial charge in [0.05, 0.1) is 6.54 Å². The van der Waals surface area contributed by atoms with E-state index in [2.05, 4.69) is 31.0 Å². The van der Waals surface area contributed by atoms with Crippen LogP contribution in [0.3, 0.4) is 0 Å². The van der Waals surface area contributed by atoms with Gasteiger partial charge in [-0.2, -0.15) is 5.10 Å². The Hall–Kier alpha value is -2.37. The Morgan fingerprint density at radius 3 is 2.70 bits per heavy atom. The van der Waals surface area contributed by atoms with Crippen molar-refractivity contribution in [2.24, 2.45) is 11.3 Å². The summed E-state index contributed by atoms with van der Waals surface area (Å²) in [6.45, 7) is 7.53. The van der Waals surface area contributed by atoms with E-state index in [1.165, 1.54) is 12.1 Å². The van der Waals surface area contributed by atoms with E-state index in [9.17, 15) is 9.18 Å². The lowest BCUT2D eigenvalue weighted by Gasteiger charge is -2.33. The summed E-state index contributed by atoms with van der Waals surface area (Å²) in [7, 11) is 1.75. The number of aryl methyl sites for hydroxylation is 1. The molecule has 0 fully saturated rings. The first kappa shape index (κ1) is 19.4. The molecule has 6 heteroatoms. The molecule has 1 aliphatic carbocycles. The fourth-order valence-electron chi connectivity index (χ4n) is 3.52. The average Bonchev–Trinajstić information content (AvgIpc) is 3.05. The highest BCUT2D eigenvalue weighted by Gasteiger charge is 2.33. The molecule has 1 atom stereocenters. The van der Waals surface area contributed by atoms with Crippen molar-refractivity contribution in [3.8, 4) is 5.75 Å². The molecule has 0 spiro atoms. The van der Waals surface area contributed by atoms with Gasteiger partial charge >= 0.3 is 0 Å². The standard InChI is InChI=1S/C21H28FN3O2/c1-21(2,3)14-5-10-18-17(13-14)19(24-23-18)20(26)25(4)11-12-27-16-8-6-15(22)7-9-16/h6-9,14H,5,10-13H2,1-4H3,(H,23,24)/t14-/m0/s1. The normalized spacial score (nSPS) is 16.7. The van der Waals surface area contributed by atoms with Crippen molar-refractivity contribution in [1.29, 1.82) is 0 Å². The van der Waals surface area contributed by atoms with E-state index in [4.69, 9.17) is 4.74 Å². The van der Waals surface area contributed by atoms with Crippen LogP contribution in [-0.2, 0) is 12.8 Å². The molecule has 3 rings (SSSR count). The maximum atomic E-state index is 12.9. The number of nitrogens with zero attached hydrogens (tertiary/aromatic N) is 2. The van der Waals surface area contributed by atoms with Gasteiger partial charge < -0.3 is 9.64 Å². The molecule has 146 valence electrons. The van der Waals surface area contributed by atoms with Crippen molar-refractivity contribution in [3.05, 3.63) is 47.0 Å². The lowest BCUT2D eigenvalue weighted by molar-refractivity contribution is 0.0765. The SMILES string of the molecule is CN(CCOc1ccc(F)cc1)C(=O)c1n[nH]c2c1C[C@@H](C(C)(C)C)CC2. The number of halogens is 1. The smallest absolute Gasteiger partial charge is 0.274 e. The lowest BCUT2D eigenvalue weighted by atomic mass is 9.71. The Labute approximate surface area is 159 Å². The predicted octanol–water partition coefficient (Wildman–Crippen LogP) is 3.85. The summed E-state index contributed by atoms with van der Waals surface area (Å²) in [6.07, 6.45) is 2.94. The third-order valence-electron chi connectivity index (χ3n) is 5.43. The van der Waals surface area contributed by atoms with E-state index in [-0.39, 0.29) is 17.1 Å². The van der Waals surface area contributed by atoms with Gasteiger partial charge in [0.25, 0.3) is 5.91 Å². The van der Waals surface area contributed by atoms with Crippen LogP contribution in [0.25, 0.3) is 0 Å². The van der Waals surface area contributed by atoms with Crippen LogP contribution in [0.5, 0.6) is 5.75 Å². The van der Waals surface area contributed by atoms with Gasteiger partial charge in [-0.3, -0.25) is 9.89 Å². The fraction of sp³-hybridized carbons (Fsp3) is 0.524. The number of hydrogen-bond donors (Lipinski definition) is 1. The molecule has 27 heavy (non-hydrogen) atoms. The molecule has 0 saturated heterocycles. The summed E-state index contributed by atoms with van der Waals surface area (Å²) in [5.74, 6) is 0.736. The minimum absolute atomic E-state index is 0.0928. The maximum absolute atomic E-state index is 12.9. The molecule has 1 amide bonds. The number of fused-ring (bicyclic) bond motifs is 1. The number of nitrogens with one attached hydrogen (secondary N) is 1. The number of benzene rings is 1. The molecule has 0 unspecified atom stereocenters. The van der Waals surface area contributed by atoms with Crippen LogP contribution in [0.15, 0.2) is 24.3 Å². The van der Waals surface area contributed by atoms with Gasteiger partial charge in [0, 0.05) is 18.3 Å². The summed E-state index contributed by atoms with van der Waals surface area (Å²) in [6, 6.07) is 5.86. The Kier molecular flexibility index (Phi) is 5.53. The number of amides is 1. The van der Waals surface area contributed by atoms with E-state index >= 15 is 0 Å². The summed E-state index contributed by atoms with van der Waals surface area (Å²) in [5, 5.41) is 7.37. The van der Waals surface area contributed by atoms with E-state index in [0.29, 0.717) is 30.5 Å². The van der Waals surface area contributed by atoms with Crippen molar-refractivity contribution >= 4 is 5.91 Å².